The average Bonchev–Trinajstić information content (AvgIpc) is 3.23. The molecule has 0 atom stereocenters. The zero-order valence-corrected chi connectivity index (χ0v) is 19.6. The van der Waals surface area contributed by atoms with Gasteiger partial charge in [-0.15, -0.1) is 6.42 Å². The molecule has 3 N–H and O–H groups in total. The van der Waals surface area contributed by atoms with Crippen LogP contribution >= 0.6 is 7.60 Å². The number of benzene rings is 1. The molecular weight excluding hydrogens is 435 g/mol. The standard InChI is InChI=1S/C25H29N4O3P/c1-3-5-21(6-4-2)23-24-25(27-16-26-23)29(17-28-24)22-13-11-20(12-14-22)19-9-7-18(8-10-19)15-33(30,31)32/h1,4-6,11-14,16,18-19,28H,7-10,15,17H2,2H3,(H2,30,31,32)/b6-4-,21-5+. The molecule has 1 fully saturated rings. The van der Waals surface area contributed by atoms with Crippen molar-refractivity contribution >= 4 is 30.4 Å². The second-order valence-electron chi connectivity index (χ2n) is 8.61. The smallest absolute Gasteiger partial charge is 0.325 e. The Kier molecular flexibility index (Phi) is 6.99. The minimum atomic E-state index is -3.93. The maximum Gasteiger partial charge on any atom is 0.325 e. The fraction of sp³-hybridized carbons (Fsp3) is 0.360. The first-order valence-electron chi connectivity index (χ1n) is 11.2. The molecular formula is C25H29N4O3P. The Balaban J connectivity index is 1.49. The van der Waals surface area contributed by atoms with E-state index in [1.54, 1.807) is 12.4 Å². The summed E-state index contributed by atoms with van der Waals surface area (Å²) in [7, 11) is -3.93. The summed E-state index contributed by atoms with van der Waals surface area (Å²) in [6.45, 7) is 2.53. The molecule has 0 radical (unpaired) electrons. The summed E-state index contributed by atoms with van der Waals surface area (Å²) in [5.41, 5.74) is 4.82. The summed E-state index contributed by atoms with van der Waals surface area (Å²) in [6.07, 6.45) is 16.3. The number of nitrogens with one attached hydrogen (secondary N) is 1. The largest absolute Gasteiger partial charge is 0.363 e. The summed E-state index contributed by atoms with van der Waals surface area (Å²) < 4.78 is 11.3. The first kappa shape index (κ1) is 23.3. The van der Waals surface area contributed by atoms with Gasteiger partial charge in [-0.05, 0) is 68.2 Å². The summed E-state index contributed by atoms with van der Waals surface area (Å²) in [5.74, 6) is 3.96. The number of fused-ring (bicyclic) bond motifs is 1. The van der Waals surface area contributed by atoms with Crippen LogP contribution in [0.25, 0.3) is 5.57 Å². The molecule has 1 aliphatic carbocycles. The van der Waals surface area contributed by atoms with Gasteiger partial charge in [-0.1, -0.05) is 30.2 Å². The molecule has 0 saturated heterocycles. The molecule has 7 nitrogen and oxygen atoms in total. The summed E-state index contributed by atoms with van der Waals surface area (Å²) in [6, 6.07) is 8.54. The highest BCUT2D eigenvalue weighted by Crippen LogP contribution is 2.45. The lowest BCUT2D eigenvalue weighted by Crippen LogP contribution is -2.18. The lowest BCUT2D eigenvalue weighted by molar-refractivity contribution is 0.316. The molecule has 0 spiro atoms. The van der Waals surface area contributed by atoms with Crippen LogP contribution in [-0.2, 0) is 4.57 Å². The van der Waals surface area contributed by atoms with Crippen molar-refractivity contribution in [3.63, 3.8) is 0 Å². The highest BCUT2D eigenvalue weighted by Gasteiger charge is 2.29. The van der Waals surface area contributed by atoms with Crippen molar-refractivity contribution in [1.82, 2.24) is 9.97 Å². The Morgan fingerprint density at radius 1 is 1.24 bits per heavy atom. The van der Waals surface area contributed by atoms with Crippen LogP contribution in [0, 0.1) is 18.3 Å². The minimum absolute atomic E-state index is 0.0101. The SMILES string of the molecule is C#C/C=C(\C=C/C)c1ncnc2c1NCN2c1ccc(C2CCC(CP(=O)(O)O)CC2)cc1. The van der Waals surface area contributed by atoms with Gasteiger partial charge in [-0.2, -0.15) is 0 Å². The van der Waals surface area contributed by atoms with Crippen LogP contribution in [0.15, 0.2) is 48.8 Å². The van der Waals surface area contributed by atoms with Gasteiger partial charge < -0.3 is 20.0 Å². The first-order valence-corrected chi connectivity index (χ1v) is 13.0. The van der Waals surface area contributed by atoms with Gasteiger partial charge in [-0.3, -0.25) is 4.57 Å². The minimum Gasteiger partial charge on any atom is -0.363 e. The van der Waals surface area contributed by atoms with Crippen LogP contribution in [0.1, 0.15) is 49.8 Å². The monoisotopic (exact) mass is 464 g/mol. The number of nitrogens with zero attached hydrogens (tertiary/aromatic N) is 3. The molecule has 4 rings (SSSR count). The third-order valence-electron chi connectivity index (χ3n) is 6.37. The molecule has 1 saturated carbocycles. The van der Waals surface area contributed by atoms with Crippen molar-refractivity contribution in [3.8, 4) is 12.3 Å². The number of allylic oxidation sites excluding steroid dienone is 4. The molecule has 1 aromatic carbocycles. The van der Waals surface area contributed by atoms with Crippen LogP contribution < -0.4 is 10.2 Å². The number of anilines is 3. The maximum atomic E-state index is 11.3. The Hall–Kier alpha value is -2.91. The molecule has 0 amide bonds. The molecule has 0 unspecified atom stereocenters. The zero-order chi connectivity index (χ0) is 23.4. The van der Waals surface area contributed by atoms with Gasteiger partial charge in [0.2, 0.25) is 0 Å². The number of aromatic nitrogens is 2. The predicted octanol–water partition coefficient (Wildman–Crippen LogP) is 5.04. The van der Waals surface area contributed by atoms with E-state index in [1.165, 1.54) is 5.56 Å². The van der Waals surface area contributed by atoms with Gasteiger partial charge in [0, 0.05) is 11.3 Å². The fourth-order valence-electron chi connectivity index (χ4n) is 4.82. The number of hydrogen-bond donors (Lipinski definition) is 3. The van der Waals surface area contributed by atoms with Crippen LogP contribution in [-0.4, -0.2) is 32.6 Å². The molecule has 8 heteroatoms. The quantitative estimate of drug-likeness (QED) is 0.313. The summed E-state index contributed by atoms with van der Waals surface area (Å²) in [5, 5.41) is 3.41. The van der Waals surface area contributed by atoms with Gasteiger partial charge in [0.1, 0.15) is 12.0 Å². The molecule has 33 heavy (non-hydrogen) atoms. The number of terminal acetylenes is 1. The topological polar surface area (TPSA) is 98.6 Å². The Labute approximate surface area is 194 Å². The number of rotatable bonds is 6. The average molecular weight is 465 g/mol. The van der Waals surface area contributed by atoms with E-state index >= 15 is 0 Å². The van der Waals surface area contributed by atoms with E-state index in [0.29, 0.717) is 12.6 Å². The third-order valence-corrected chi connectivity index (χ3v) is 7.37. The van der Waals surface area contributed by atoms with Crippen molar-refractivity contribution in [3.05, 3.63) is 60.1 Å². The van der Waals surface area contributed by atoms with E-state index in [4.69, 9.17) is 6.42 Å². The lowest BCUT2D eigenvalue weighted by Gasteiger charge is -2.29. The van der Waals surface area contributed by atoms with Crippen LogP contribution in [0.3, 0.4) is 0 Å². The Bertz CT molecular complexity index is 1140. The van der Waals surface area contributed by atoms with E-state index < -0.39 is 7.60 Å². The molecule has 2 heterocycles. The predicted molar refractivity (Wildman–Crippen MR) is 132 cm³/mol. The van der Waals surface area contributed by atoms with Crippen molar-refractivity contribution < 1.29 is 14.4 Å². The van der Waals surface area contributed by atoms with Gasteiger partial charge in [0.15, 0.2) is 5.82 Å². The Morgan fingerprint density at radius 2 is 1.97 bits per heavy atom. The van der Waals surface area contributed by atoms with Crippen molar-refractivity contribution in [2.24, 2.45) is 5.92 Å². The number of hydrogen-bond acceptors (Lipinski definition) is 5. The van der Waals surface area contributed by atoms with E-state index in [9.17, 15) is 14.4 Å². The fourth-order valence-corrected chi connectivity index (χ4v) is 5.85. The highest BCUT2D eigenvalue weighted by atomic mass is 31.2. The zero-order valence-electron chi connectivity index (χ0n) is 18.7. The van der Waals surface area contributed by atoms with E-state index in [2.05, 4.69) is 50.4 Å². The molecule has 1 aromatic heterocycles. The summed E-state index contributed by atoms with van der Waals surface area (Å²) in [4.78, 5) is 29.6. The molecule has 0 bridgehead atoms. The van der Waals surface area contributed by atoms with Crippen LogP contribution in [0.4, 0.5) is 17.2 Å². The maximum absolute atomic E-state index is 11.3. The van der Waals surface area contributed by atoms with Crippen LogP contribution in [0.5, 0.6) is 0 Å². The van der Waals surface area contributed by atoms with E-state index in [1.807, 2.05) is 19.1 Å². The second-order valence-corrected chi connectivity index (χ2v) is 10.3. The van der Waals surface area contributed by atoms with Gasteiger partial charge in [-0.25, -0.2) is 9.97 Å². The Morgan fingerprint density at radius 3 is 2.61 bits per heavy atom. The normalized spacial score (nSPS) is 21.0. The molecule has 1 aliphatic heterocycles. The van der Waals surface area contributed by atoms with Crippen molar-refractivity contribution in [2.45, 2.75) is 38.5 Å². The van der Waals surface area contributed by atoms with E-state index in [0.717, 1.165) is 54.1 Å². The second kappa shape index (κ2) is 9.93. The first-order chi connectivity index (χ1) is 15.9. The van der Waals surface area contributed by atoms with Gasteiger partial charge in [0.25, 0.3) is 0 Å². The third kappa shape index (κ3) is 5.36. The van der Waals surface area contributed by atoms with Gasteiger partial charge >= 0.3 is 7.60 Å². The van der Waals surface area contributed by atoms with Crippen LogP contribution in [0.2, 0.25) is 0 Å². The van der Waals surface area contributed by atoms with Gasteiger partial charge in [0.05, 0.1) is 18.5 Å². The van der Waals surface area contributed by atoms with Crippen molar-refractivity contribution in [2.75, 3.05) is 23.0 Å². The molecule has 172 valence electrons. The molecule has 2 aromatic rings. The van der Waals surface area contributed by atoms with E-state index in [-0.39, 0.29) is 12.1 Å². The summed E-state index contributed by atoms with van der Waals surface area (Å²) >= 11 is 0. The highest BCUT2D eigenvalue weighted by molar-refractivity contribution is 7.51. The molecule has 2 aliphatic rings. The van der Waals surface area contributed by atoms with Crippen molar-refractivity contribution in [1.29, 1.82) is 0 Å². The lowest BCUT2D eigenvalue weighted by atomic mass is 9.79.